The molecule has 0 radical (unpaired) electrons. The van der Waals surface area contributed by atoms with Crippen molar-refractivity contribution in [3.8, 4) is 0 Å². The van der Waals surface area contributed by atoms with E-state index in [1.807, 2.05) is 20.1 Å². The summed E-state index contributed by atoms with van der Waals surface area (Å²) in [7, 11) is 0. The summed E-state index contributed by atoms with van der Waals surface area (Å²) in [6.07, 6.45) is 4.58. The molecule has 1 aromatic rings. The van der Waals surface area contributed by atoms with Crippen LogP contribution in [-0.2, 0) is 0 Å². The first-order chi connectivity index (χ1) is 8.88. The zero-order chi connectivity index (χ0) is 14.2. The van der Waals surface area contributed by atoms with Crippen LogP contribution in [0.2, 0.25) is 0 Å². The minimum absolute atomic E-state index is 0.00976. The molecule has 0 spiro atoms. The third-order valence-electron chi connectivity index (χ3n) is 3.63. The summed E-state index contributed by atoms with van der Waals surface area (Å²) in [5.74, 6) is 0.132. The van der Waals surface area contributed by atoms with E-state index in [0.29, 0.717) is 16.0 Å². The minimum Gasteiger partial charge on any atom is -0.396 e. The van der Waals surface area contributed by atoms with Gasteiger partial charge in [-0.1, -0.05) is 20.8 Å². The molecule has 0 aromatic carbocycles. The Morgan fingerprint density at radius 3 is 2.63 bits per heavy atom. The van der Waals surface area contributed by atoms with Gasteiger partial charge in [-0.05, 0) is 24.5 Å². The van der Waals surface area contributed by atoms with Gasteiger partial charge >= 0.3 is 0 Å². The van der Waals surface area contributed by atoms with Gasteiger partial charge in [0.05, 0.1) is 15.5 Å². The van der Waals surface area contributed by atoms with Gasteiger partial charge in [0.25, 0.3) is 0 Å². The lowest BCUT2D eigenvalue weighted by atomic mass is 10.1. The number of thiophene rings is 1. The second kappa shape index (κ2) is 5.37. The summed E-state index contributed by atoms with van der Waals surface area (Å²) in [4.78, 5) is 13.9. The van der Waals surface area contributed by atoms with Crippen LogP contribution >= 0.6 is 23.1 Å². The molecule has 1 heterocycles. The molecule has 0 amide bonds. The van der Waals surface area contributed by atoms with Crippen molar-refractivity contribution in [3.63, 3.8) is 0 Å². The summed E-state index contributed by atoms with van der Waals surface area (Å²) in [6, 6.07) is 0. The number of ketones is 1. The molecular formula is C14H22N2OS2. The number of nitrogen functional groups attached to an aromatic ring is 1. The van der Waals surface area contributed by atoms with E-state index in [-0.39, 0.29) is 11.7 Å². The van der Waals surface area contributed by atoms with Gasteiger partial charge in [0.2, 0.25) is 0 Å². The maximum Gasteiger partial charge on any atom is 0.177 e. The van der Waals surface area contributed by atoms with Gasteiger partial charge in [0.15, 0.2) is 5.78 Å². The van der Waals surface area contributed by atoms with Gasteiger partial charge in [-0.3, -0.25) is 4.79 Å². The van der Waals surface area contributed by atoms with Crippen LogP contribution in [0.25, 0.3) is 0 Å². The minimum atomic E-state index is -0.00976. The SMILES string of the molecule is CSc1c(NCC2(C)CC2)sc(C(=O)C(C)C)c1N. The molecule has 2 rings (SSSR count). The summed E-state index contributed by atoms with van der Waals surface area (Å²) in [5, 5.41) is 4.54. The van der Waals surface area contributed by atoms with Crippen molar-refractivity contribution in [1.82, 2.24) is 0 Å². The van der Waals surface area contributed by atoms with Gasteiger partial charge in [-0.15, -0.1) is 23.1 Å². The number of carbonyl (C=O) groups excluding carboxylic acids is 1. The van der Waals surface area contributed by atoms with E-state index in [1.165, 1.54) is 24.2 Å². The average molecular weight is 298 g/mol. The average Bonchev–Trinajstić information content (AvgIpc) is 3.00. The fraction of sp³-hybridized carbons (Fsp3) is 0.643. The molecule has 0 bridgehead atoms. The van der Waals surface area contributed by atoms with Crippen molar-refractivity contribution in [1.29, 1.82) is 0 Å². The van der Waals surface area contributed by atoms with Gasteiger partial charge in [-0.2, -0.15) is 0 Å². The summed E-state index contributed by atoms with van der Waals surface area (Å²) < 4.78 is 0. The third kappa shape index (κ3) is 3.08. The first-order valence-corrected chi connectivity index (χ1v) is 8.66. The number of carbonyl (C=O) groups is 1. The molecule has 3 nitrogen and oxygen atoms in total. The van der Waals surface area contributed by atoms with Gasteiger partial charge in [0, 0.05) is 12.5 Å². The zero-order valence-corrected chi connectivity index (χ0v) is 13.6. The number of thioether (sulfide) groups is 1. The lowest BCUT2D eigenvalue weighted by Gasteiger charge is -2.10. The van der Waals surface area contributed by atoms with E-state index in [1.54, 1.807) is 11.8 Å². The Morgan fingerprint density at radius 2 is 2.16 bits per heavy atom. The highest BCUT2D eigenvalue weighted by Crippen LogP contribution is 2.47. The molecule has 1 fully saturated rings. The Morgan fingerprint density at radius 1 is 1.53 bits per heavy atom. The molecule has 0 unspecified atom stereocenters. The molecule has 19 heavy (non-hydrogen) atoms. The standard InChI is InChI=1S/C14H22N2OS2/c1-8(2)10(17)11-9(15)12(18-4)13(19-11)16-7-14(3)5-6-14/h8,16H,5-7,15H2,1-4H3. The second-order valence-corrected chi connectivity index (χ2v) is 7.73. The number of hydrogen-bond acceptors (Lipinski definition) is 5. The lowest BCUT2D eigenvalue weighted by Crippen LogP contribution is -2.11. The molecule has 5 heteroatoms. The maximum atomic E-state index is 12.2. The lowest BCUT2D eigenvalue weighted by molar-refractivity contribution is 0.0944. The molecule has 1 aliphatic carbocycles. The second-order valence-electron chi connectivity index (χ2n) is 5.89. The molecule has 1 aliphatic rings. The van der Waals surface area contributed by atoms with Crippen LogP contribution < -0.4 is 11.1 Å². The van der Waals surface area contributed by atoms with E-state index in [4.69, 9.17) is 5.73 Å². The zero-order valence-electron chi connectivity index (χ0n) is 12.0. The molecule has 1 aromatic heterocycles. The molecule has 0 aliphatic heterocycles. The fourth-order valence-electron chi connectivity index (χ4n) is 1.88. The Kier molecular flexibility index (Phi) is 4.16. The Labute approximate surface area is 123 Å². The van der Waals surface area contributed by atoms with E-state index < -0.39 is 0 Å². The molecule has 1 saturated carbocycles. The Bertz CT molecular complexity index is 490. The number of hydrogen-bond donors (Lipinski definition) is 2. The van der Waals surface area contributed by atoms with Crippen molar-refractivity contribution in [2.75, 3.05) is 23.9 Å². The normalized spacial score (nSPS) is 16.7. The van der Waals surface area contributed by atoms with Crippen LogP contribution in [0.3, 0.4) is 0 Å². The van der Waals surface area contributed by atoms with E-state index >= 15 is 0 Å². The molecule has 0 saturated heterocycles. The highest BCUT2D eigenvalue weighted by Gasteiger charge is 2.37. The molecule has 0 atom stereocenters. The highest BCUT2D eigenvalue weighted by atomic mass is 32.2. The summed E-state index contributed by atoms with van der Waals surface area (Å²) >= 11 is 3.12. The van der Waals surface area contributed by atoms with Gasteiger partial charge in [-0.25, -0.2) is 0 Å². The van der Waals surface area contributed by atoms with Crippen LogP contribution in [0.1, 0.15) is 43.3 Å². The van der Waals surface area contributed by atoms with Gasteiger partial charge < -0.3 is 11.1 Å². The van der Waals surface area contributed by atoms with E-state index in [0.717, 1.165) is 16.4 Å². The maximum absolute atomic E-state index is 12.2. The third-order valence-corrected chi connectivity index (χ3v) is 5.77. The molecule has 3 N–H and O–H groups in total. The first-order valence-electron chi connectivity index (χ1n) is 6.62. The van der Waals surface area contributed by atoms with Crippen molar-refractivity contribution in [2.24, 2.45) is 11.3 Å². The Hall–Kier alpha value is -0.680. The van der Waals surface area contributed by atoms with Crippen molar-refractivity contribution in [2.45, 2.75) is 38.5 Å². The predicted octanol–water partition coefficient (Wildman–Crippen LogP) is 4.10. The van der Waals surface area contributed by atoms with Crippen molar-refractivity contribution in [3.05, 3.63) is 4.88 Å². The van der Waals surface area contributed by atoms with E-state index in [2.05, 4.69) is 12.2 Å². The first kappa shape index (κ1) is 14.7. The smallest absolute Gasteiger partial charge is 0.177 e. The number of rotatable bonds is 6. The van der Waals surface area contributed by atoms with Crippen molar-refractivity contribution >= 4 is 39.6 Å². The Balaban J connectivity index is 2.22. The topological polar surface area (TPSA) is 55.1 Å². The van der Waals surface area contributed by atoms with Gasteiger partial charge in [0.1, 0.15) is 5.00 Å². The van der Waals surface area contributed by atoms with Crippen LogP contribution in [0.4, 0.5) is 10.7 Å². The van der Waals surface area contributed by atoms with Crippen LogP contribution in [-0.4, -0.2) is 18.6 Å². The molecule has 106 valence electrons. The summed E-state index contributed by atoms with van der Waals surface area (Å²) in [5.41, 5.74) is 7.23. The number of Topliss-reactive ketones (excluding diaryl/α,β-unsaturated/α-hetero) is 1. The number of anilines is 2. The van der Waals surface area contributed by atoms with Crippen molar-refractivity contribution < 1.29 is 4.79 Å². The van der Waals surface area contributed by atoms with Crippen LogP contribution in [0.15, 0.2) is 4.90 Å². The van der Waals surface area contributed by atoms with Crippen LogP contribution in [0.5, 0.6) is 0 Å². The summed E-state index contributed by atoms with van der Waals surface area (Å²) in [6.45, 7) is 7.09. The van der Waals surface area contributed by atoms with E-state index in [9.17, 15) is 4.79 Å². The highest BCUT2D eigenvalue weighted by molar-refractivity contribution is 7.99. The number of nitrogens with one attached hydrogen (secondary N) is 1. The monoisotopic (exact) mass is 298 g/mol. The van der Waals surface area contributed by atoms with Crippen LogP contribution in [0, 0.1) is 11.3 Å². The number of nitrogens with two attached hydrogens (primary N) is 1. The largest absolute Gasteiger partial charge is 0.396 e. The fourth-order valence-corrected chi connectivity index (χ4v) is 4.00. The quantitative estimate of drug-likeness (QED) is 0.613. The molecular weight excluding hydrogens is 276 g/mol. The predicted molar refractivity (Wildman–Crippen MR) is 85.5 cm³/mol.